The van der Waals surface area contributed by atoms with Crippen LogP contribution in [-0.2, 0) is 25.8 Å². The number of thiocarbonyl (C=S) groups is 1. The summed E-state index contributed by atoms with van der Waals surface area (Å²) in [6, 6.07) is 5.25. The molecular formula is C24H27F3N8S. The molecule has 0 aliphatic rings. The fourth-order valence-electron chi connectivity index (χ4n) is 3.97. The second kappa shape index (κ2) is 10.1. The number of hydrogen-bond donors (Lipinski definition) is 2. The molecule has 3 heterocycles. The first-order valence-electron chi connectivity index (χ1n) is 11.4. The van der Waals surface area contributed by atoms with E-state index >= 15 is 0 Å². The van der Waals surface area contributed by atoms with Crippen LogP contribution in [0.25, 0.3) is 0 Å². The van der Waals surface area contributed by atoms with Crippen molar-refractivity contribution in [3.63, 3.8) is 0 Å². The van der Waals surface area contributed by atoms with Crippen molar-refractivity contribution in [3.05, 3.63) is 76.6 Å². The van der Waals surface area contributed by atoms with Crippen LogP contribution in [-0.4, -0.2) is 34.5 Å². The molecule has 0 fully saturated rings. The predicted octanol–water partition coefficient (Wildman–Crippen LogP) is 5.15. The number of alkyl halides is 3. The van der Waals surface area contributed by atoms with Crippen LogP contribution in [0.1, 0.15) is 40.7 Å². The van der Waals surface area contributed by atoms with Crippen LogP contribution >= 0.6 is 12.2 Å². The Morgan fingerprint density at radius 3 is 2.47 bits per heavy atom. The molecular weight excluding hydrogens is 489 g/mol. The predicted molar refractivity (Wildman–Crippen MR) is 136 cm³/mol. The van der Waals surface area contributed by atoms with E-state index in [1.807, 2.05) is 44.8 Å². The van der Waals surface area contributed by atoms with Crippen LogP contribution < -0.4 is 10.6 Å². The summed E-state index contributed by atoms with van der Waals surface area (Å²) in [6.07, 6.45) is 1.000. The van der Waals surface area contributed by atoms with E-state index in [1.165, 1.54) is 6.07 Å². The molecule has 0 aliphatic carbocycles. The zero-order valence-electron chi connectivity index (χ0n) is 20.4. The van der Waals surface area contributed by atoms with E-state index in [-0.39, 0.29) is 6.54 Å². The van der Waals surface area contributed by atoms with Gasteiger partial charge in [0, 0.05) is 24.0 Å². The van der Waals surface area contributed by atoms with E-state index in [2.05, 4.69) is 25.9 Å². The van der Waals surface area contributed by atoms with Gasteiger partial charge in [0.2, 0.25) is 0 Å². The van der Waals surface area contributed by atoms with Gasteiger partial charge in [0.15, 0.2) is 5.11 Å². The Morgan fingerprint density at radius 1 is 1.00 bits per heavy atom. The zero-order valence-corrected chi connectivity index (χ0v) is 21.2. The highest BCUT2D eigenvalue weighted by atomic mass is 32.1. The summed E-state index contributed by atoms with van der Waals surface area (Å²) >= 11 is 5.48. The molecule has 0 bridgehead atoms. The van der Waals surface area contributed by atoms with E-state index in [4.69, 9.17) is 12.2 Å². The van der Waals surface area contributed by atoms with Crippen molar-refractivity contribution in [1.82, 2.24) is 29.3 Å². The van der Waals surface area contributed by atoms with Crippen LogP contribution in [0.3, 0.4) is 0 Å². The molecule has 0 unspecified atom stereocenters. The molecule has 4 aromatic rings. The van der Waals surface area contributed by atoms with Crippen LogP contribution in [0, 0.1) is 20.8 Å². The molecule has 4 rings (SSSR count). The van der Waals surface area contributed by atoms with Crippen LogP contribution in [0.15, 0.2) is 42.9 Å². The highest BCUT2D eigenvalue weighted by molar-refractivity contribution is 7.80. The Hall–Kier alpha value is -3.67. The fraction of sp³-hybridized carbons (Fsp3) is 0.333. The largest absolute Gasteiger partial charge is 0.416 e. The molecule has 12 heteroatoms. The molecule has 190 valence electrons. The van der Waals surface area contributed by atoms with Crippen molar-refractivity contribution in [2.75, 3.05) is 10.6 Å². The molecule has 0 atom stereocenters. The minimum atomic E-state index is -4.39. The van der Waals surface area contributed by atoms with E-state index < -0.39 is 11.7 Å². The summed E-state index contributed by atoms with van der Waals surface area (Å²) in [5.41, 5.74) is 4.89. The molecule has 0 saturated carbocycles. The van der Waals surface area contributed by atoms with Crippen LogP contribution in [0.2, 0.25) is 0 Å². The van der Waals surface area contributed by atoms with E-state index in [0.717, 1.165) is 41.3 Å². The summed E-state index contributed by atoms with van der Waals surface area (Å²) in [5, 5.41) is 19.9. The number of aromatic nitrogens is 6. The van der Waals surface area contributed by atoms with E-state index in [9.17, 15) is 13.2 Å². The maximum absolute atomic E-state index is 13.1. The van der Waals surface area contributed by atoms with Gasteiger partial charge in [0.1, 0.15) is 0 Å². The maximum Gasteiger partial charge on any atom is 0.416 e. The molecule has 0 aliphatic heterocycles. The summed E-state index contributed by atoms with van der Waals surface area (Å²) in [5.74, 6) is 0. The second-order valence-corrected chi connectivity index (χ2v) is 8.89. The van der Waals surface area contributed by atoms with E-state index in [1.54, 1.807) is 21.6 Å². The molecule has 8 nitrogen and oxygen atoms in total. The summed E-state index contributed by atoms with van der Waals surface area (Å²) in [4.78, 5) is 0. The molecule has 3 aromatic heterocycles. The average molecular weight is 517 g/mol. The topological polar surface area (TPSA) is 77.5 Å². The third-order valence-electron chi connectivity index (χ3n) is 5.93. The SMILES string of the molecule is CCn1ncc(Cn2cc(NC(=S)Nc3c(C)nn(Cc4cccc(C(F)(F)F)c4)c3C)cn2)c1C. The Bertz CT molecular complexity index is 1380. The maximum atomic E-state index is 13.1. The molecule has 0 spiro atoms. The molecule has 0 saturated heterocycles. The number of hydrogen-bond acceptors (Lipinski definition) is 4. The first-order chi connectivity index (χ1) is 17.0. The summed E-state index contributed by atoms with van der Waals surface area (Å²) in [6.45, 7) is 9.35. The van der Waals surface area contributed by atoms with Gasteiger partial charge < -0.3 is 10.6 Å². The van der Waals surface area contributed by atoms with Gasteiger partial charge in [-0.2, -0.15) is 28.5 Å². The summed E-state index contributed by atoms with van der Waals surface area (Å²) < 4.78 is 44.6. The Labute approximate surface area is 212 Å². The highest BCUT2D eigenvalue weighted by Gasteiger charge is 2.30. The molecule has 0 radical (unpaired) electrons. The standard InChI is InChI=1S/C24H27F3N8S/c1-5-34-16(3)19(10-29-34)13-33-14-21(11-28-33)30-23(36)31-22-15(2)32-35(17(22)4)12-18-7-6-8-20(9-18)24(25,26)27/h6-11,14H,5,12-13H2,1-4H3,(H2,30,31,36). The number of nitrogens with one attached hydrogen (secondary N) is 2. The first kappa shape index (κ1) is 25.4. The molecule has 1 aromatic carbocycles. The van der Waals surface area contributed by atoms with Crippen molar-refractivity contribution < 1.29 is 13.2 Å². The smallest absolute Gasteiger partial charge is 0.330 e. The molecule has 36 heavy (non-hydrogen) atoms. The minimum Gasteiger partial charge on any atom is -0.330 e. The van der Waals surface area contributed by atoms with Crippen LogP contribution in [0.4, 0.5) is 24.5 Å². The van der Waals surface area contributed by atoms with Gasteiger partial charge in [0.05, 0.1) is 53.8 Å². The number of anilines is 2. The Morgan fingerprint density at radius 2 is 1.78 bits per heavy atom. The lowest BCUT2D eigenvalue weighted by Crippen LogP contribution is -2.19. The van der Waals surface area contributed by atoms with Gasteiger partial charge in [-0.15, -0.1) is 0 Å². The quantitative estimate of drug-likeness (QED) is 0.331. The highest BCUT2D eigenvalue weighted by Crippen LogP contribution is 2.30. The van der Waals surface area contributed by atoms with Gasteiger partial charge in [-0.3, -0.25) is 14.0 Å². The molecule has 0 amide bonds. The number of halogens is 3. The number of nitrogens with zero attached hydrogens (tertiary/aromatic N) is 6. The van der Waals surface area contributed by atoms with Crippen molar-refractivity contribution in [2.45, 2.75) is 53.5 Å². The monoisotopic (exact) mass is 516 g/mol. The van der Waals surface area contributed by atoms with Crippen molar-refractivity contribution in [2.24, 2.45) is 0 Å². The third-order valence-corrected chi connectivity index (χ3v) is 6.14. The van der Waals surface area contributed by atoms with Crippen molar-refractivity contribution in [3.8, 4) is 0 Å². The lowest BCUT2D eigenvalue weighted by Gasteiger charge is -2.11. The zero-order chi connectivity index (χ0) is 26.0. The number of rotatable bonds is 7. The minimum absolute atomic E-state index is 0.208. The van der Waals surface area contributed by atoms with Gasteiger partial charge in [0.25, 0.3) is 0 Å². The normalized spacial score (nSPS) is 11.6. The van der Waals surface area contributed by atoms with E-state index in [0.29, 0.717) is 28.6 Å². The second-order valence-electron chi connectivity index (χ2n) is 8.48. The number of aryl methyl sites for hydroxylation is 2. The van der Waals surface area contributed by atoms with Gasteiger partial charge in [-0.25, -0.2) is 0 Å². The van der Waals surface area contributed by atoms with Gasteiger partial charge in [-0.05, 0) is 57.6 Å². The van der Waals surface area contributed by atoms with Gasteiger partial charge >= 0.3 is 6.18 Å². The van der Waals surface area contributed by atoms with Crippen molar-refractivity contribution in [1.29, 1.82) is 0 Å². The Balaban J connectivity index is 1.41. The van der Waals surface area contributed by atoms with Crippen LogP contribution in [0.5, 0.6) is 0 Å². The summed E-state index contributed by atoms with van der Waals surface area (Å²) in [7, 11) is 0. The Kier molecular flexibility index (Phi) is 7.16. The first-order valence-corrected chi connectivity index (χ1v) is 11.8. The lowest BCUT2D eigenvalue weighted by molar-refractivity contribution is -0.137. The number of benzene rings is 1. The average Bonchev–Trinajstić information content (AvgIpc) is 3.48. The van der Waals surface area contributed by atoms with Gasteiger partial charge in [-0.1, -0.05) is 12.1 Å². The molecule has 2 N–H and O–H groups in total. The fourth-order valence-corrected chi connectivity index (χ4v) is 4.19. The lowest BCUT2D eigenvalue weighted by atomic mass is 10.1. The van der Waals surface area contributed by atoms with Crippen molar-refractivity contribution >= 4 is 28.7 Å². The third kappa shape index (κ3) is 5.59.